The summed E-state index contributed by atoms with van der Waals surface area (Å²) in [6, 6.07) is 7.56. The minimum Gasteiger partial charge on any atom is -0.320 e. The Morgan fingerprint density at radius 2 is 2.11 bits per heavy atom. The molecule has 0 spiro atoms. The van der Waals surface area contributed by atoms with Crippen LogP contribution in [0.15, 0.2) is 41.4 Å². The van der Waals surface area contributed by atoms with Crippen molar-refractivity contribution in [1.29, 1.82) is 0 Å². The number of halogens is 1. The lowest BCUT2D eigenvalue weighted by atomic mass is 10.2. The number of pyridine rings is 1. The predicted molar refractivity (Wildman–Crippen MR) is 70.6 cm³/mol. The van der Waals surface area contributed by atoms with Crippen molar-refractivity contribution in [1.82, 2.24) is 4.98 Å². The molecule has 1 heterocycles. The lowest BCUT2D eigenvalue weighted by Gasteiger charge is -2.06. The van der Waals surface area contributed by atoms with Crippen LogP contribution in [0.1, 0.15) is 16.1 Å². The van der Waals surface area contributed by atoms with Gasteiger partial charge in [-0.15, -0.1) is 12.6 Å². The molecular formula is C13H11FN2OS. The smallest absolute Gasteiger partial charge is 0.258 e. The van der Waals surface area contributed by atoms with Gasteiger partial charge in [0, 0.05) is 10.6 Å². The molecule has 0 fully saturated rings. The van der Waals surface area contributed by atoms with E-state index in [1.54, 1.807) is 12.1 Å². The zero-order valence-corrected chi connectivity index (χ0v) is 10.5. The van der Waals surface area contributed by atoms with E-state index in [1.165, 1.54) is 24.4 Å². The first-order chi connectivity index (χ1) is 8.56. The highest BCUT2D eigenvalue weighted by Crippen LogP contribution is 2.15. The third kappa shape index (κ3) is 2.87. The Labute approximate surface area is 109 Å². The summed E-state index contributed by atoms with van der Waals surface area (Å²) in [6.45, 7) is 1.84. The van der Waals surface area contributed by atoms with Crippen molar-refractivity contribution in [2.45, 2.75) is 11.8 Å². The average Bonchev–Trinajstić information content (AvgIpc) is 2.35. The number of benzene rings is 1. The topological polar surface area (TPSA) is 42.0 Å². The Kier molecular flexibility index (Phi) is 3.62. The standard InChI is InChI=1S/C13H11FN2OS/c1-8-2-3-9(7-15-8)16-13(17)11-6-10(18)4-5-12(11)14/h2-7,18H,1H3,(H,16,17). The second-order valence-electron chi connectivity index (χ2n) is 3.81. The van der Waals surface area contributed by atoms with Gasteiger partial charge in [0.05, 0.1) is 17.4 Å². The minimum absolute atomic E-state index is 0.0388. The monoisotopic (exact) mass is 262 g/mol. The van der Waals surface area contributed by atoms with Gasteiger partial charge in [-0.05, 0) is 37.3 Å². The van der Waals surface area contributed by atoms with E-state index < -0.39 is 11.7 Å². The van der Waals surface area contributed by atoms with Crippen molar-refractivity contribution in [2.24, 2.45) is 0 Å². The van der Waals surface area contributed by atoms with Gasteiger partial charge in [-0.25, -0.2) is 4.39 Å². The van der Waals surface area contributed by atoms with Crippen LogP contribution in [-0.4, -0.2) is 10.9 Å². The third-order valence-electron chi connectivity index (χ3n) is 2.36. The fraction of sp³-hybridized carbons (Fsp3) is 0.0769. The Balaban J connectivity index is 2.21. The second kappa shape index (κ2) is 5.18. The highest BCUT2D eigenvalue weighted by atomic mass is 32.1. The van der Waals surface area contributed by atoms with E-state index >= 15 is 0 Å². The molecule has 2 aromatic rings. The van der Waals surface area contributed by atoms with Crippen molar-refractivity contribution >= 4 is 24.2 Å². The Morgan fingerprint density at radius 1 is 1.33 bits per heavy atom. The number of carbonyl (C=O) groups is 1. The number of amides is 1. The van der Waals surface area contributed by atoms with Crippen LogP contribution in [0.5, 0.6) is 0 Å². The van der Waals surface area contributed by atoms with Crippen molar-refractivity contribution in [3.8, 4) is 0 Å². The molecule has 5 heteroatoms. The van der Waals surface area contributed by atoms with Gasteiger partial charge in [-0.1, -0.05) is 0 Å². The second-order valence-corrected chi connectivity index (χ2v) is 4.32. The molecule has 0 aliphatic heterocycles. The summed E-state index contributed by atoms with van der Waals surface area (Å²) in [6.07, 6.45) is 1.52. The fourth-order valence-corrected chi connectivity index (χ4v) is 1.63. The number of hydrogen-bond acceptors (Lipinski definition) is 3. The van der Waals surface area contributed by atoms with E-state index in [-0.39, 0.29) is 5.56 Å². The van der Waals surface area contributed by atoms with Crippen LogP contribution in [-0.2, 0) is 0 Å². The maximum Gasteiger partial charge on any atom is 0.258 e. The average molecular weight is 262 g/mol. The van der Waals surface area contributed by atoms with E-state index in [1.807, 2.05) is 6.92 Å². The molecule has 1 N–H and O–H groups in total. The van der Waals surface area contributed by atoms with Crippen LogP contribution < -0.4 is 5.32 Å². The molecule has 3 nitrogen and oxygen atoms in total. The molecule has 92 valence electrons. The van der Waals surface area contributed by atoms with E-state index in [0.29, 0.717) is 10.6 Å². The highest BCUT2D eigenvalue weighted by molar-refractivity contribution is 7.80. The molecular weight excluding hydrogens is 251 g/mol. The molecule has 0 aliphatic carbocycles. The first-order valence-electron chi connectivity index (χ1n) is 5.29. The summed E-state index contributed by atoms with van der Waals surface area (Å²) in [5.74, 6) is -1.10. The molecule has 1 aromatic carbocycles. The number of aromatic nitrogens is 1. The largest absolute Gasteiger partial charge is 0.320 e. The number of aryl methyl sites for hydroxylation is 1. The van der Waals surface area contributed by atoms with Crippen molar-refractivity contribution in [3.05, 3.63) is 53.6 Å². The summed E-state index contributed by atoms with van der Waals surface area (Å²) in [4.78, 5) is 16.4. The molecule has 0 aliphatic rings. The molecule has 0 atom stereocenters. The molecule has 0 radical (unpaired) electrons. The van der Waals surface area contributed by atoms with Crippen LogP contribution in [0.4, 0.5) is 10.1 Å². The third-order valence-corrected chi connectivity index (χ3v) is 2.64. The normalized spacial score (nSPS) is 10.2. The first-order valence-corrected chi connectivity index (χ1v) is 5.73. The van der Waals surface area contributed by atoms with Gasteiger partial charge in [0.15, 0.2) is 0 Å². The predicted octanol–water partition coefficient (Wildman–Crippen LogP) is 3.07. The molecule has 0 unspecified atom stereocenters. The van der Waals surface area contributed by atoms with Crippen LogP contribution in [0.3, 0.4) is 0 Å². The number of rotatable bonds is 2. The summed E-state index contributed by atoms with van der Waals surface area (Å²) in [5.41, 5.74) is 1.33. The van der Waals surface area contributed by atoms with Gasteiger partial charge >= 0.3 is 0 Å². The SMILES string of the molecule is Cc1ccc(NC(=O)c2cc(S)ccc2F)cn1. The van der Waals surface area contributed by atoms with Gasteiger partial charge in [-0.3, -0.25) is 9.78 Å². The van der Waals surface area contributed by atoms with Crippen LogP contribution in [0.2, 0.25) is 0 Å². The number of nitrogens with one attached hydrogen (secondary N) is 1. The Hall–Kier alpha value is -1.88. The Morgan fingerprint density at radius 3 is 2.78 bits per heavy atom. The summed E-state index contributed by atoms with van der Waals surface area (Å²) in [7, 11) is 0. The number of hydrogen-bond donors (Lipinski definition) is 2. The number of carbonyl (C=O) groups excluding carboxylic acids is 1. The highest BCUT2D eigenvalue weighted by Gasteiger charge is 2.12. The number of thiol groups is 1. The van der Waals surface area contributed by atoms with Crippen LogP contribution in [0, 0.1) is 12.7 Å². The zero-order valence-electron chi connectivity index (χ0n) is 9.64. The van der Waals surface area contributed by atoms with E-state index in [9.17, 15) is 9.18 Å². The molecule has 2 rings (SSSR count). The summed E-state index contributed by atoms with van der Waals surface area (Å²) >= 11 is 4.08. The zero-order chi connectivity index (χ0) is 13.1. The van der Waals surface area contributed by atoms with E-state index in [2.05, 4.69) is 22.9 Å². The summed E-state index contributed by atoms with van der Waals surface area (Å²) in [5, 5.41) is 2.58. The molecule has 0 saturated carbocycles. The van der Waals surface area contributed by atoms with Gasteiger partial charge < -0.3 is 5.32 Å². The van der Waals surface area contributed by atoms with Crippen molar-refractivity contribution in [3.63, 3.8) is 0 Å². The molecule has 0 saturated heterocycles. The molecule has 18 heavy (non-hydrogen) atoms. The first kappa shape index (κ1) is 12.6. The number of anilines is 1. The van der Waals surface area contributed by atoms with Gasteiger partial charge in [0.2, 0.25) is 0 Å². The van der Waals surface area contributed by atoms with Crippen molar-refractivity contribution in [2.75, 3.05) is 5.32 Å². The maximum atomic E-state index is 13.5. The molecule has 0 bridgehead atoms. The lowest BCUT2D eigenvalue weighted by molar-refractivity contribution is 0.102. The fourth-order valence-electron chi connectivity index (χ4n) is 1.43. The minimum atomic E-state index is -0.578. The maximum absolute atomic E-state index is 13.5. The Bertz CT molecular complexity index is 584. The van der Waals surface area contributed by atoms with Crippen LogP contribution in [0.25, 0.3) is 0 Å². The van der Waals surface area contributed by atoms with Crippen molar-refractivity contribution < 1.29 is 9.18 Å². The molecule has 1 amide bonds. The van der Waals surface area contributed by atoms with Gasteiger partial charge in [0.1, 0.15) is 5.82 Å². The van der Waals surface area contributed by atoms with Crippen LogP contribution >= 0.6 is 12.6 Å². The number of nitrogens with zero attached hydrogens (tertiary/aromatic N) is 1. The van der Waals surface area contributed by atoms with E-state index in [4.69, 9.17) is 0 Å². The van der Waals surface area contributed by atoms with Gasteiger partial charge in [-0.2, -0.15) is 0 Å². The lowest BCUT2D eigenvalue weighted by Crippen LogP contribution is -2.14. The van der Waals surface area contributed by atoms with E-state index in [0.717, 1.165) is 5.69 Å². The quantitative estimate of drug-likeness (QED) is 0.817. The van der Waals surface area contributed by atoms with Gasteiger partial charge in [0.25, 0.3) is 5.91 Å². The molecule has 1 aromatic heterocycles. The summed E-state index contributed by atoms with van der Waals surface area (Å²) < 4.78 is 13.5.